The maximum atomic E-state index is 13.7. The minimum Gasteiger partial charge on any atom is -0.448 e. The van der Waals surface area contributed by atoms with Gasteiger partial charge >= 0.3 is 6.09 Å². The average Bonchev–Trinajstić information content (AvgIpc) is 2.79. The van der Waals surface area contributed by atoms with Crippen molar-refractivity contribution in [1.29, 1.82) is 0 Å². The first-order valence-corrected chi connectivity index (χ1v) is 10.6. The zero-order valence-corrected chi connectivity index (χ0v) is 18.6. The fraction of sp³-hybridized carbons (Fsp3) is 0.304. The van der Waals surface area contributed by atoms with Crippen LogP contribution in [0.25, 0.3) is 10.8 Å². The normalized spacial score (nSPS) is 13.2. The van der Waals surface area contributed by atoms with Crippen molar-refractivity contribution >= 4 is 34.3 Å². The molecule has 1 amide bonds. The zero-order chi connectivity index (χ0) is 24.0. The molecule has 0 bridgehead atoms. The quantitative estimate of drug-likeness (QED) is 0.430. The van der Waals surface area contributed by atoms with Crippen LogP contribution in [0.15, 0.2) is 48.7 Å². The van der Waals surface area contributed by atoms with Gasteiger partial charge < -0.3 is 14.9 Å². The van der Waals surface area contributed by atoms with Crippen molar-refractivity contribution in [3.63, 3.8) is 0 Å². The van der Waals surface area contributed by atoms with Gasteiger partial charge in [0.15, 0.2) is 0 Å². The monoisotopic (exact) mass is 479 g/mol. The number of carbonyl (C=O) groups excluding carboxylic acids is 1. The van der Waals surface area contributed by atoms with Crippen molar-refractivity contribution in [3.8, 4) is 0 Å². The molecule has 0 radical (unpaired) electrons. The fourth-order valence-corrected chi connectivity index (χ4v) is 3.51. The van der Waals surface area contributed by atoms with Crippen molar-refractivity contribution in [2.75, 3.05) is 25.6 Å². The molecular formula is C23H24ClF2N3O4. The first kappa shape index (κ1) is 24.8. The molecule has 2 atom stereocenters. The van der Waals surface area contributed by atoms with E-state index in [9.17, 15) is 23.8 Å². The molecule has 0 aliphatic heterocycles. The molecule has 1 aromatic heterocycles. The molecule has 0 aliphatic rings. The van der Waals surface area contributed by atoms with Gasteiger partial charge in [-0.05, 0) is 54.8 Å². The average molecular weight is 480 g/mol. The first-order chi connectivity index (χ1) is 15.8. The summed E-state index contributed by atoms with van der Waals surface area (Å²) < 4.78 is 32.5. The number of aliphatic hydroxyl groups is 2. The van der Waals surface area contributed by atoms with E-state index in [0.717, 1.165) is 0 Å². The predicted molar refractivity (Wildman–Crippen MR) is 121 cm³/mol. The molecule has 2 unspecified atom stereocenters. The highest BCUT2D eigenvalue weighted by atomic mass is 35.5. The maximum Gasteiger partial charge on any atom is 0.412 e. The number of carbonyl (C=O) groups is 1. The van der Waals surface area contributed by atoms with E-state index in [2.05, 4.69) is 10.3 Å². The number of amides is 1. The van der Waals surface area contributed by atoms with Gasteiger partial charge in [-0.25, -0.2) is 18.6 Å². The number of anilines is 1. The number of halogens is 3. The Balaban J connectivity index is 1.64. The van der Waals surface area contributed by atoms with Crippen molar-refractivity contribution < 1.29 is 28.5 Å². The second-order valence-corrected chi connectivity index (χ2v) is 8.02. The van der Waals surface area contributed by atoms with Crippen LogP contribution < -0.4 is 5.32 Å². The molecule has 0 fully saturated rings. The largest absolute Gasteiger partial charge is 0.448 e. The summed E-state index contributed by atoms with van der Waals surface area (Å²) in [5.41, 5.74) is 0.528. The zero-order valence-electron chi connectivity index (χ0n) is 17.8. The summed E-state index contributed by atoms with van der Waals surface area (Å²) in [6.07, 6.45) is -0.231. The third-order valence-electron chi connectivity index (χ3n) is 5.15. The van der Waals surface area contributed by atoms with Crippen LogP contribution in [0.2, 0.25) is 5.02 Å². The van der Waals surface area contributed by atoms with E-state index in [4.69, 9.17) is 16.3 Å². The summed E-state index contributed by atoms with van der Waals surface area (Å²) in [5.74, 6) is -0.771. The van der Waals surface area contributed by atoms with Gasteiger partial charge in [0.25, 0.3) is 0 Å². The highest BCUT2D eigenvalue weighted by Gasteiger charge is 2.22. The van der Waals surface area contributed by atoms with Gasteiger partial charge in [-0.2, -0.15) is 0 Å². The van der Waals surface area contributed by atoms with Crippen LogP contribution in [-0.2, 0) is 11.3 Å². The number of pyridine rings is 1. The van der Waals surface area contributed by atoms with Crippen LogP contribution in [-0.4, -0.2) is 58.6 Å². The lowest BCUT2D eigenvalue weighted by Gasteiger charge is -2.29. The number of fused-ring (bicyclic) bond motifs is 1. The molecule has 0 saturated heterocycles. The number of ether oxygens (including phenoxy) is 1. The van der Waals surface area contributed by atoms with E-state index < -0.39 is 36.5 Å². The fourth-order valence-electron chi connectivity index (χ4n) is 3.32. The number of rotatable bonds is 9. The van der Waals surface area contributed by atoms with E-state index >= 15 is 0 Å². The number of benzene rings is 2. The molecule has 10 heteroatoms. The predicted octanol–water partition coefficient (Wildman–Crippen LogP) is 3.96. The Morgan fingerprint density at radius 1 is 1.24 bits per heavy atom. The number of aromatic nitrogens is 1. The van der Waals surface area contributed by atoms with Crippen LogP contribution in [0.5, 0.6) is 0 Å². The second-order valence-electron chi connectivity index (χ2n) is 7.64. The summed E-state index contributed by atoms with van der Waals surface area (Å²) >= 11 is 6.03. The second kappa shape index (κ2) is 11.3. The number of aliphatic hydroxyl groups excluding tert-OH is 2. The van der Waals surface area contributed by atoms with E-state index in [-0.39, 0.29) is 30.4 Å². The van der Waals surface area contributed by atoms with Crippen molar-refractivity contribution in [3.05, 3.63) is 70.9 Å². The SMILES string of the molecule is CN(Cc1cccc(F)c1Cl)C(COC(=O)Nc1cc2cc(F)ccc2cn1)CC(O)CO. The summed E-state index contributed by atoms with van der Waals surface area (Å²) in [5, 5.41) is 22.9. The van der Waals surface area contributed by atoms with Gasteiger partial charge in [0, 0.05) is 24.2 Å². The smallest absolute Gasteiger partial charge is 0.412 e. The highest BCUT2D eigenvalue weighted by molar-refractivity contribution is 6.31. The molecule has 3 N–H and O–H groups in total. The van der Waals surface area contributed by atoms with E-state index in [1.54, 1.807) is 24.1 Å². The Kier molecular flexibility index (Phi) is 8.51. The molecule has 3 aromatic rings. The molecule has 0 spiro atoms. The van der Waals surface area contributed by atoms with Crippen LogP contribution in [0, 0.1) is 11.6 Å². The van der Waals surface area contributed by atoms with Crippen molar-refractivity contribution in [1.82, 2.24) is 9.88 Å². The molecule has 0 aliphatic carbocycles. The summed E-state index contributed by atoms with van der Waals surface area (Å²) in [4.78, 5) is 18.2. The number of hydrogen-bond acceptors (Lipinski definition) is 6. The van der Waals surface area contributed by atoms with Gasteiger partial charge in [0.05, 0.1) is 17.7 Å². The standard InChI is InChI=1S/C23H24ClF2N3O4/c1-29(11-15-3-2-4-20(26)22(15)24)18(9-19(31)12-30)13-33-23(32)28-21-8-16-7-17(25)6-5-14(16)10-27-21/h2-8,10,18-19,30-31H,9,11-13H2,1H3,(H,27,28,32). The Morgan fingerprint density at radius 2 is 2.03 bits per heavy atom. The molecule has 0 saturated carbocycles. The third-order valence-corrected chi connectivity index (χ3v) is 5.57. The Labute approximate surface area is 194 Å². The molecule has 3 rings (SSSR count). The van der Waals surface area contributed by atoms with Gasteiger partial charge in [-0.1, -0.05) is 23.7 Å². The van der Waals surface area contributed by atoms with Gasteiger partial charge in [-0.3, -0.25) is 10.2 Å². The Hall–Kier alpha value is -2.85. The first-order valence-electron chi connectivity index (χ1n) is 10.2. The van der Waals surface area contributed by atoms with Gasteiger partial charge in [0.1, 0.15) is 24.1 Å². The van der Waals surface area contributed by atoms with E-state index in [1.807, 2.05) is 0 Å². The van der Waals surface area contributed by atoms with Crippen LogP contribution in [0.4, 0.5) is 19.4 Å². The lowest BCUT2D eigenvalue weighted by Crippen LogP contribution is -2.39. The summed E-state index contributed by atoms with van der Waals surface area (Å²) in [6.45, 7) is -0.369. The van der Waals surface area contributed by atoms with Crippen LogP contribution >= 0.6 is 11.6 Å². The molecule has 33 heavy (non-hydrogen) atoms. The van der Waals surface area contributed by atoms with Gasteiger partial charge in [-0.15, -0.1) is 0 Å². The number of nitrogens with zero attached hydrogens (tertiary/aromatic N) is 2. The number of likely N-dealkylation sites (N-methyl/N-ethyl adjacent to an activating group) is 1. The van der Waals surface area contributed by atoms with Crippen molar-refractivity contribution in [2.24, 2.45) is 0 Å². The third kappa shape index (κ3) is 6.82. The van der Waals surface area contributed by atoms with Crippen LogP contribution in [0.1, 0.15) is 12.0 Å². The lowest BCUT2D eigenvalue weighted by molar-refractivity contribution is 0.0382. The topological polar surface area (TPSA) is 94.9 Å². The summed E-state index contributed by atoms with van der Waals surface area (Å²) in [7, 11) is 1.71. The minimum atomic E-state index is -1.04. The Morgan fingerprint density at radius 3 is 2.79 bits per heavy atom. The maximum absolute atomic E-state index is 13.7. The summed E-state index contributed by atoms with van der Waals surface area (Å²) in [6, 6.07) is 9.70. The molecular weight excluding hydrogens is 456 g/mol. The van der Waals surface area contributed by atoms with Crippen molar-refractivity contribution in [2.45, 2.75) is 25.1 Å². The molecule has 176 valence electrons. The van der Waals surface area contributed by atoms with Gasteiger partial charge in [0.2, 0.25) is 0 Å². The van der Waals surface area contributed by atoms with E-state index in [0.29, 0.717) is 16.3 Å². The number of nitrogens with one attached hydrogen (secondary N) is 1. The number of hydrogen-bond donors (Lipinski definition) is 3. The molecule has 7 nitrogen and oxygen atoms in total. The molecule has 2 aromatic carbocycles. The minimum absolute atomic E-state index is 0.0108. The van der Waals surface area contributed by atoms with Crippen LogP contribution in [0.3, 0.4) is 0 Å². The highest BCUT2D eigenvalue weighted by Crippen LogP contribution is 2.22. The molecule has 1 heterocycles. The van der Waals surface area contributed by atoms with E-state index in [1.165, 1.54) is 36.5 Å². The Bertz CT molecular complexity index is 1120. The lowest BCUT2D eigenvalue weighted by atomic mass is 10.1.